The van der Waals surface area contributed by atoms with Gasteiger partial charge in [0.15, 0.2) is 0 Å². The zero-order valence-electron chi connectivity index (χ0n) is 13.4. The molecule has 0 fully saturated rings. The second-order valence-electron chi connectivity index (χ2n) is 5.26. The van der Waals surface area contributed by atoms with Crippen molar-refractivity contribution in [3.8, 4) is 5.75 Å². The van der Waals surface area contributed by atoms with E-state index >= 15 is 0 Å². The standard InChI is InChI=1S/C18H21BrN2O2/c1-13-10-15(19)6-7-17(13)21-12-18(22)20-9-8-14-4-3-5-16(11-14)23-2/h3-7,10-11,21H,8-9,12H2,1-2H3,(H,20,22). The second-order valence-corrected chi connectivity index (χ2v) is 6.18. The van der Waals surface area contributed by atoms with Gasteiger partial charge in [-0.1, -0.05) is 28.1 Å². The van der Waals surface area contributed by atoms with Crippen LogP contribution in [0, 0.1) is 6.92 Å². The van der Waals surface area contributed by atoms with Crippen LogP contribution >= 0.6 is 15.9 Å². The molecule has 0 aliphatic rings. The number of nitrogens with one attached hydrogen (secondary N) is 2. The van der Waals surface area contributed by atoms with Gasteiger partial charge in [0, 0.05) is 16.7 Å². The van der Waals surface area contributed by atoms with Gasteiger partial charge in [-0.05, 0) is 54.8 Å². The summed E-state index contributed by atoms with van der Waals surface area (Å²) in [5.74, 6) is 0.816. The molecule has 0 saturated carbocycles. The van der Waals surface area contributed by atoms with Crippen LogP contribution < -0.4 is 15.4 Å². The van der Waals surface area contributed by atoms with E-state index in [2.05, 4.69) is 26.6 Å². The summed E-state index contributed by atoms with van der Waals surface area (Å²) in [6.45, 7) is 2.88. The molecule has 0 saturated heterocycles. The highest BCUT2D eigenvalue weighted by Gasteiger charge is 2.03. The smallest absolute Gasteiger partial charge is 0.239 e. The Kier molecular flexibility index (Phi) is 6.47. The fourth-order valence-corrected chi connectivity index (χ4v) is 2.71. The van der Waals surface area contributed by atoms with Crippen LogP contribution in [0.2, 0.25) is 0 Å². The molecule has 0 aliphatic heterocycles. The molecule has 0 heterocycles. The van der Waals surface area contributed by atoms with Crippen molar-refractivity contribution in [2.24, 2.45) is 0 Å². The lowest BCUT2D eigenvalue weighted by molar-refractivity contribution is -0.119. The number of benzene rings is 2. The van der Waals surface area contributed by atoms with Crippen molar-refractivity contribution in [1.82, 2.24) is 5.32 Å². The third kappa shape index (κ3) is 5.60. The largest absolute Gasteiger partial charge is 0.497 e. The molecule has 2 aromatic carbocycles. The third-order valence-electron chi connectivity index (χ3n) is 3.50. The number of amides is 1. The van der Waals surface area contributed by atoms with E-state index < -0.39 is 0 Å². The molecule has 0 aliphatic carbocycles. The normalized spacial score (nSPS) is 10.2. The Hall–Kier alpha value is -2.01. The van der Waals surface area contributed by atoms with Crippen LogP contribution in [0.4, 0.5) is 5.69 Å². The maximum Gasteiger partial charge on any atom is 0.239 e. The lowest BCUT2D eigenvalue weighted by Gasteiger charge is -2.10. The number of methoxy groups -OCH3 is 1. The van der Waals surface area contributed by atoms with Crippen molar-refractivity contribution in [3.05, 3.63) is 58.1 Å². The lowest BCUT2D eigenvalue weighted by Crippen LogP contribution is -2.31. The van der Waals surface area contributed by atoms with E-state index in [1.165, 1.54) is 0 Å². The Bertz CT molecular complexity index is 674. The zero-order chi connectivity index (χ0) is 16.7. The highest BCUT2D eigenvalue weighted by atomic mass is 79.9. The van der Waals surface area contributed by atoms with Crippen LogP contribution in [0.25, 0.3) is 0 Å². The third-order valence-corrected chi connectivity index (χ3v) is 3.99. The molecule has 2 N–H and O–H groups in total. The predicted octanol–water partition coefficient (Wildman–Crippen LogP) is 3.54. The Morgan fingerprint density at radius 3 is 2.78 bits per heavy atom. The molecular weight excluding hydrogens is 356 g/mol. The highest BCUT2D eigenvalue weighted by molar-refractivity contribution is 9.10. The summed E-state index contributed by atoms with van der Waals surface area (Å²) >= 11 is 3.43. The van der Waals surface area contributed by atoms with Crippen LogP contribution in [-0.2, 0) is 11.2 Å². The van der Waals surface area contributed by atoms with Crippen molar-refractivity contribution in [2.45, 2.75) is 13.3 Å². The molecule has 23 heavy (non-hydrogen) atoms. The number of rotatable bonds is 7. The summed E-state index contributed by atoms with van der Waals surface area (Å²) in [6.07, 6.45) is 0.778. The Morgan fingerprint density at radius 1 is 1.22 bits per heavy atom. The van der Waals surface area contributed by atoms with Crippen molar-refractivity contribution >= 4 is 27.5 Å². The first-order valence-electron chi connectivity index (χ1n) is 7.48. The van der Waals surface area contributed by atoms with Gasteiger partial charge < -0.3 is 15.4 Å². The molecule has 0 bridgehead atoms. The van der Waals surface area contributed by atoms with Gasteiger partial charge in [-0.15, -0.1) is 0 Å². The Morgan fingerprint density at radius 2 is 2.04 bits per heavy atom. The molecule has 5 heteroatoms. The van der Waals surface area contributed by atoms with E-state index in [1.54, 1.807) is 7.11 Å². The molecule has 2 rings (SSSR count). The van der Waals surface area contributed by atoms with Crippen LogP contribution in [0.1, 0.15) is 11.1 Å². The second kappa shape index (κ2) is 8.58. The quantitative estimate of drug-likeness (QED) is 0.776. The van der Waals surface area contributed by atoms with Crippen molar-refractivity contribution in [3.63, 3.8) is 0 Å². The SMILES string of the molecule is COc1cccc(CCNC(=O)CNc2ccc(Br)cc2C)c1. The van der Waals surface area contributed by atoms with Crippen molar-refractivity contribution in [2.75, 3.05) is 25.5 Å². The number of carbonyl (C=O) groups is 1. The molecule has 0 unspecified atom stereocenters. The molecule has 2 aromatic rings. The number of carbonyl (C=O) groups excluding carboxylic acids is 1. The minimum Gasteiger partial charge on any atom is -0.497 e. The summed E-state index contributed by atoms with van der Waals surface area (Å²) in [4.78, 5) is 11.9. The fraction of sp³-hybridized carbons (Fsp3) is 0.278. The van der Waals surface area contributed by atoms with E-state index in [0.717, 1.165) is 33.5 Å². The average molecular weight is 377 g/mol. The number of aryl methyl sites for hydroxylation is 1. The van der Waals surface area contributed by atoms with Crippen LogP contribution in [-0.4, -0.2) is 26.1 Å². The number of ether oxygens (including phenoxy) is 1. The number of anilines is 1. The van der Waals surface area contributed by atoms with Gasteiger partial charge >= 0.3 is 0 Å². The van der Waals surface area contributed by atoms with E-state index in [4.69, 9.17) is 4.74 Å². The fourth-order valence-electron chi connectivity index (χ4n) is 2.24. The first kappa shape index (κ1) is 17.3. The van der Waals surface area contributed by atoms with E-state index in [-0.39, 0.29) is 12.5 Å². The minimum atomic E-state index is -0.0183. The van der Waals surface area contributed by atoms with Gasteiger partial charge in [0.1, 0.15) is 5.75 Å². The monoisotopic (exact) mass is 376 g/mol. The average Bonchev–Trinajstić information content (AvgIpc) is 2.54. The minimum absolute atomic E-state index is 0.0183. The first-order valence-corrected chi connectivity index (χ1v) is 8.27. The van der Waals surface area contributed by atoms with Crippen LogP contribution in [0.5, 0.6) is 5.75 Å². The van der Waals surface area contributed by atoms with Gasteiger partial charge in [-0.3, -0.25) is 4.79 Å². The first-order chi connectivity index (χ1) is 11.1. The van der Waals surface area contributed by atoms with Gasteiger partial charge in [0.25, 0.3) is 0 Å². The zero-order valence-corrected chi connectivity index (χ0v) is 14.9. The van der Waals surface area contributed by atoms with E-state index in [1.807, 2.05) is 49.4 Å². The van der Waals surface area contributed by atoms with Crippen LogP contribution in [0.3, 0.4) is 0 Å². The molecule has 0 radical (unpaired) electrons. The van der Waals surface area contributed by atoms with Crippen molar-refractivity contribution in [1.29, 1.82) is 0 Å². The summed E-state index contributed by atoms with van der Waals surface area (Å²) in [7, 11) is 1.65. The predicted molar refractivity (Wildman–Crippen MR) is 97.1 cm³/mol. The maximum absolute atomic E-state index is 11.9. The molecule has 4 nitrogen and oxygen atoms in total. The van der Waals surface area contributed by atoms with Gasteiger partial charge in [-0.25, -0.2) is 0 Å². The van der Waals surface area contributed by atoms with E-state index in [9.17, 15) is 4.79 Å². The number of halogens is 1. The van der Waals surface area contributed by atoms with Crippen molar-refractivity contribution < 1.29 is 9.53 Å². The molecular formula is C18H21BrN2O2. The molecule has 0 atom stereocenters. The molecule has 0 aromatic heterocycles. The molecule has 1 amide bonds. The highest BCUT2D eigenvalue weighted by Crippen LogP contribution is 2.19. The van der Waals surface area contributed by atoms with E-state index in [0.29, 0.717) is 6.54 Å². The number of hydrogen-bond acceptors (Lipinski definition) is 3. The summed E-state index contributed by atoms with van der Waals surface area (Å²) in [6, 6.07) is 13.8. The van der Waals surface area contributed by atoms with Gasteiger partial charge in [0.2, 0.25) is 5.91 Å². The lowest BCUT2D eigenvalue weighted by atomic mass is 10.1. The summed E-state index contributed by atoms with van der Waals surface area (Å²) in [5.41, 5.74) is 3.21. The van der Waals surface area contributed by atoms with Crippen LogP contribution in [0.15, 0.2) is 46.9 Å². The summed E-state index contributed by atoms with van der Waals surface area (Å²) < 4.78 is 6.22. The Labute approximate surface area is 145 Å². The van der Waals surface area contributed by atoms with Gasteiger partial charge in [-0.2, -0.15) is 0 Å². The molecule has 122 valence electrons. The van der Waals surface area contributed by atoms with Gasteiger partial charge in [0.05, 0.1) is 13.7 Å². The number of hydrogen-bond donors (Lipinski definition) is 2. The summed E-state index contributed by atoms with van der Waals surface area (Å²) in [5, 5.41) is 6.07. The Balaban J connectivity index is 1.74. The molecule has 0 spiro atoms. The topological polar surface area (TPSA) is 50.4 Å². The maximum atomic E-state index is 11.9.